The monoisotopic (exact) mass is 247 g/mol. The predicted octanol–water partition coefficient (Wildman–Crippen LogP) is 4.55. The van der Waals surface area contributed by atoms with Gasteiger partial charge in [0, 0.05) is 11.6 Å². The van der Waals surface area contributed by atoms with Gasteiger partial charge in [0.05, 0.1) is 0 Å². The highest BCUT2D eigenvalue weighted by molar-refractivity contribution is 5.85. The fourth-order valence-electron chi connectivity index (χ4n) is 3.14. The number of nitrogens with one attached hydrogen (secondary N) is 1. The molecule has 16 heavy (non-hydrogen) atoms. The molecular formula is C14H30ClN. The highest BCUT2D eigenvalue weighted by Crippen LogP contribution is 2.37. The van der Waals surface area contributed by atoms with Crippen LogP contribution >= 0.6 is 12.4 Å². The fraction of sp³-hybridized carbons (Fsp3) is 1.00. The zero-order chi connectivity index (χ0) is 11.3. The maximum absolute atomic E-state index is 3.88. The van der Waals surface area contributed by atoms with Gasteiger partial charge in [0.2, 0.25) is 0 Å². The minimum absolute atomic E-state index is 0. The first-order chi connectivity index (χ1) is 7.10. The van der Waals surface area contributed by atoms with Gasteiger partial charge < -0.3 is 5.32 Å². The molecule has 0 aromatic heterocycles. The van der Waals surface area contributed by atoms with Crippen molar-refractivity contribution in [3.63, 3.8) is 0 Å². The molecule has 0 aromatic rings. The van der Waals surface area contributed by atoms with Crippen LogP contribution in [0, 0.1) is 5.92 Å². The Morgan fingerprint density at radius 1 is 1.31 bits per heavy atom. The van der Waals surface area contributed by atoms with E-state index in [9.17, 15) is 0 Å². The van der Waals surface area contributed by atoms with Gasteiger partial charge in [-0.25, -0.2) is 0 Å². The molecule has 0 heterocycles. The van der Waals surface area contributed by atoms with Crippen molar-refractivity contribution in [3.05, 3.63) is 0 Å². The van der Waals surface area contributed by atoms with Crippen molar-refractivity contribution in [2.75, 3.05) is 0 Å². The third-order valence-corrected chi connectivity index (χ3v) is 4.01. The summed E-state index contributed by atoms with van der Waals surface area (Å²) in [5.74, 6) is 0.861. The molecule has 1 aliphatic carbocycles. The summed E-state index contributed by atoms with van der Waals surface area (Å²) in [5, 5.41) is 3.88. The Kier molecular flexibility index (Phi) is 7.67. The van der Waals surface area contributed by atoms with Crippen molar-refractivity contribution in [1.29, 1.82) is 0 Å². The molecule has 1 N–H and O–H groups in total. The second kappa shape index (κ2) is 7.55. The average Bonchev–Trinajstić information content (AvgIpc) is 2.18. The van der Waals surface area contributed by atoms with Gasteiger partial charge in [0.25, 0.3) is 0 Å². The summed E-state index contributed by atoms with van der Waals surface area (Å²) >= 11 is 0. The number of halogens is 1. The lowest BCUT2D eigenvalue weighted by Gasteiger charge is -2.45. The summed E-state index contributed by atoms with van der Waals surface area (Å²) in [6, 6.07) is 0.627. The van der Waals surface area contributed by atoms with Crippen molar-refractivity contribution >= 4 is 12.4 Å². The van der Waals surface area contributed by atoms with Gasteiger partial charge in [0.1, 0.15) is 0 Å². The molecule has 1 rings (SSSR count). The van der Waals surface area contributed by atoms with E-state index in [2.05, 4.69) is 33.0 Å². The number of hydrogen-bond acceptors (Lipinski definition) is 1. The molecule has 0 amide bonds. The van der Waals surface area contributed by atoms with Crippen LogP contribution in [0.3, 0.4) is 0 Å². The van der Waals surface area contributed by atoms with E-state index in [1.54, 1.807) is 0 Å². The highest BCUT2D eigenvalue weighted by Gasteiger charge is 2.37. The summed E-state index contributed by atoms with van der Waals surface area (Å²) in [5.41, 5.74) is 0.461. The van der Waals surface area contributed by atoms with E-state index < -0.39 is 0 Å². The van der Waals surface area contributed by atoms with E-state index in [1.165, 1.54) is 44.9 Å². The first-order valence-electron chi connectivity index (χ1n) is 6.88. The summed E-state index contributed by atoms with van der Waals surface area (Å²) < 4.78 is 0. The molecule has 0 unspecified atom stereocenters. The molecule has 0 aliphatic heterocycles. The number of unbranched alkanes of at least 4 members (excludes halogenated alkanes) is 1. The smallest absolute Gasteiger partial charge is 0.0209 e. The van der Waals surface area contributed by atoms with Crippen LogP contribution in [0.4, 0.5) is 0 Å². The van der Waals surface area contributed by atoms with Crippen molar-refractivity contribution in [2.45, 2.75) is 84.2 Å². The van der Waals surface area contributed by atoms with Crippen LogP contribution in [0.2, 0.25) is 0 Å². The largest absolute Gasteiger partial charge is 0.309 e. The summed E-state index contributed by atoms with van der Waals surface area (Å²) in [6.45, 7) is 9.32. The molecule has 0 radical (unpaired) electrons. The molecule has 0 bridgehead atoms. The summed E-state index contributed by atoms with van der Waals surface area (Å²) in [6.07, 6.45) is 9.76. The van der Waals surface area contributed by atoms with E-state index in [4.69, 9.17) is 0 Å². The van der Waals surface area contributed by atoms with Crippen molar-refractivity contribution < 1.29 is 0 Å². The molecule has 1 saturated carbocycles. The van der Waals surface area contributed by atoms with Crippen LogP contribution in [-0.4, -0.2) is 11.6 Å². The van der Waals surface area contributed by atoms with Gasteiger partial charge in [-0.05, 0) is 25.2 Å². The summed E-state index contributed by atoms with van der Waals surface area (Å²) in [4.78, 5) is 0. The zero-order valence-corrected chi connectivity index (χ0v) is 12.3. The lowest BCUT2D eigenvalue weighted by atomic mass is 9.70. The van der Waals surface area contributed by atoms with Gasteiger partial charge in [-0.1, -0.05) is 53.4 Å². The van der Waals surface area contributed by atoms with Crippen LogP contribution in [0.5, 0.6) is 0 Å². The van der Waals surface area contributed by atoms with E-state index in [1.807, 2.05) is 0 Å². The molecule has 0 spiro atoms. The Morgan fingerprint density at radius 2 is 2.00 bits per heavy atom. The molecular weight excluding hydrogens is 218 g/mol. The molecule has 98 valence electrons. The van der Waals surface area contributed by atoms with Gasteiger partial charge in [-0.2, -0.15) is 0 Å². The van der Waals surface area contributed by atoms with Crippen LogP contribution in [-0.2, 0) is 0 Å². The maximum Gasteiger partial charge on any atom is 0.0209 e. The Morgan fingerprint density at radius 3 is 2.50 bits per heavy atom. The molecule has 2 atom stereocenters. The molecule has 0 aromatic carbocycles. The quantitative estimate of drug-likeness (QED) is 0.752. The second-order valence-electron chi connectivity index (χ2n) is 5.71. The first kappa shape index (κ1) is 16.2. The Hall–Kier alpha value is 0.250. The molecule has 1 aliphatic rings. The second-order valence-corrected chi connectivity index (χ2v) is 5.71. The van der Waals surface area contributed by atoms with Gasteiger partial charge in [0.15, 0.2) is 0 Å². The van der Waals surface area contributed by atoms with Crippen LogP contribution in [0.25, 0.3) is 0 Å². The number of hydrogen-bond donors (Lipinski definition) is 1. The van der Waals surface area contributed by atoms with Crippen molar-refractivity contribution in [1.82, 2.24) is 5.32 Å². The average molecular weight is 248 g/mol. The lowest BCUT2D eigenvalue weighted by Crippen LogP contribution is -2.54. The molecule has 2 heteroatoms. The summed E-state index contributed by atoms with van der Waals surface area (Å²) in [7, 11) is 0. The minimum Gasteiger partial charge on any atom is -0.309 e. The SMILES string of the molecule is CCCC[C@]1(NC(C)C)CCCC[C@H]1C.Cl. The highest BCUT2D eigenvalue weighted by atomic mass is 35.5. The fourth-order valence-corrected chi connectivity index (χ4v) is 3.14. The Labute approximate surface area is 108 Å². The van der Waals surface area contributed by atoms with Gasteiger partial charge >= 0.3 is 0 Å². The van der Waals surface area contributed by atoms with Gasteiger partial charge in [-0.3, -0.25) is 0 Å². The standard InChI is InChI=1S/C14H29N.ClH/c1-5-6-10-14(15-12(2)3)11-8-7-9-13(14)4;/h12-13,15H,5-11H2,1-4H3;1H/t13-,14+;/m1./s1. The predicted molar refractivity (Wildman–Crippen MR) is 75.4 cm³/mol. The Balaban J connectivity index is 0.00000225. The van der Waals surface area contributed by atoms with Gasteiger partial charge in [-0.15, -0.1) is 12.4 Å². The molecule has 1 nitrogen and oxygen atoms in total. The molecule has 0 saturated heterocycles. The minimum atomic E-state index is 0. The third-order valence-electron chi connectivity index (χ3n) is 4.01. The zero-order valence-electron chi connectivity index (χ0n) is 11.5. The first-order valence-corrected chi connectivity index (χ1v) is 6.88. The molecule has 1 fully saturated rings. The Bertz CT molecular complexity index is 182. The van der Waals surface area contributed by atoms with Crippen LogP contribution in [0.1, 0.15) is 72.6 Å². The third kappa shape index (κ3) is 4.25. The van der Waals surface area contributed by atoms with Crippen molar-refractivity contribution in [3.8, 4) is 0 Å². The maximum atomic E-state index is 3.88. The van der Waals surface area contributed by atoms with E-state index in [-0.39, 0.29) is 12.4 Å². The van der Waals surface area contributed by atoms with E-state index in [0.717, 1.165) is 5.92 Å². The van der Waals surface area contributed by atoms with Crippen LogP contribution < -0.4 is 5.32 Å². The normalized spacial score (nSPS) is 30.2. The number of rotatable bonds is 5. The van der Waals surface area contributed by atoms with Crippen LogP contribution in [0.15, 0.2) is 0 Å². The topological polar surface area (TPSA) is 12.0 Å². The van der Waals surface area contributed by atoms with Crippen molar-refractivity contribution in [2.24, 2.45) is 5.92 Å². The van der Waals surface area contributed by atoms with E-state index >= 15 is 0 Å². The van der Waals surface area contributed by atoms with E-state index in [0.29, 0.717) is 11.6 Å². The lowest BCUT2D eigenvalue weighted by molar-refractivity contribution is 0.128.